The summed E-state index contributed by atoms with van der Waals surface area (Å²) in [5, 5.41) is 1.70. The Bertz CT molecular complexity index is 845. The fourth-order valence-electron chi connectivity index (χ4n) is 3.29. The highest BCUT2D eigenvalue weighted by Gasteiger charge is 2.19. The summed E-state index contributed by atoms with van der Waals surface area (Å²) < 4.78 is 14.0. The van der Waals surface area contributed by atoms with E-state index in [4.69, 9.17) is 0 Å². The van der Waals surface area contributed by atoms with E-state index in [1.54, 1.807) is 6.07 Å². The molecule has 1 aliphatic rings. The Balaban J connectivity index is 1.97. The predicted octanol–water partition coefficient (Wildman–Crippen LogP) is 5.22. The molecule has 0 heterocycles. The summed E-state index contributed by atoms with van der Waals surface area (Å²) in [4.78, 5) is 0. The Labute approximate surface area is 123 Å². The largest absolute Gasteiger partial charge is 0.206 e. The standard InChI is InChI=1S/C20H15F/c21-20-13-12-18(17-9-3-4-10-19(17)20)16-11-5-7-14-6-1-2-8-15(14)16/h1-6,8-13,16H,7H2. The molecule has 0 saturated carbocycles. The summed E-state index contributed by atoms with van der Waals surface area (Å²) in [6, 6.07) is 19.8. The van der Waals surface area contributed by atoms with Crippen LogP contribution in [0, 0.1) is 5.82 Å². The smallest absolute Gasteiger partial charge is 0.131 e. The molecule has 1 atom stereocenters. The van der Waals surface area contributed by atoms with Crippen molar-refractivity contribution in [3.05, 3.63) is 95.3 Å². The van der Waals surface area contributed by atoms with Gasteiger partial charge >= 0.3 is 0 Å². The molecule has 0 nitrogen and oxygen atoms in total. The molecule has 4 rings (SSSR count). The van der Waals surface area contributed by atoms with E-state index in [1.807, 2.05) is 30.3 Å². The van der Waals surface area contributed by atoms with Gasteiger partial charge in [0.1, 0.15) is 5.82 Å². The van der Waals surface area contributed by atoms with Gasteiger partial charge in [-0.1, -0.05) is 66.7 Å². The minimum Gasteiger partial charge on any atom is -0.206 e. The molecule has 1 unspecified atom stereocenters. The van der Waals surface area contributed by atoms with Gasteiger partial charge in [-0.15, -0.1) is 0 Å². The van der Waals surface area contributed by atoms with Gasteiger partial charge in [0, 0.05) is 11.3 Å². The van der Waals surface area contributed by atoms with Crippen LogP contribution in [0.2, 0.25) is 0 Å². The highest BCUT2D eigenvalue weighted by molar-refractivity contribution is 5.87. The van der Waals surface area contributed by atoms with E-state index >= 15 is 0 Å². The van der Waals surface area contributed by atoms with Gasteiger partial charge in [0.15, 0.2) is 0 Å². The predicted molar refractivity (Wildman–Crippen MR) is 85.0 cm³/mol. The lowest BCUT2D eigenvalue weighted by atomic mass is 9.81. The fraction of sp³-hybridized carbons (Fsp3) is 0.100. The molecule has 0 aromatic heterocycles. The van der Waals surface area contributed by atoms with Gasteiger partial charge in [-0.05, 0) is 34.6 Å². The van der Waals surface area contributed by atoms with Crippen LogP contribution in [0.3, 0.4) is 0 Å². The maximum atomic E-state index is 14.0. The molecular weight excluding hydrogens is 259 g/mol. The maximum Gasteiger partial charge on any atom is 0.131 e. The summed E-state index contributed by atoms with van der Waals surface area (Å²) >= 11 is 0. The van der Waals surface area contributed by atoms with Crippen LogP contribution in [-0.2, 0) is 6.42 Å². The molecule has 3 aromatic rings. The Morgan fingerprint density at radius 1 is 0.762 bits per heavy atom. The second kappa shape index (κ2) is 4.85. The average molecular weight is 274 g/mol. The molecule has 0 aliphatic heterocycles. The van der Waals surface area contributed by atoms with Gasteiger partial charge in [0.05, 0.1) is 0 Å². The van der Waals surface area contributed by atoms with Crippen molar-refractivity contribution in [1.82, 2.24) is 0 Å². The van der Waals surface area contributed by atoms with Gasteiger partial charge in [0.25, 0.3) is 0 Å². The normalized spacial score (nSPS) is 16.9. The van der Waals surface area contributed by atoms with E-state index in [2.05, 4.69) is 36.4 Å². The van der Waals surface area contributed by atoms with Crippen LogP contribution < -0.4 is 0 Å². The number of allylic oxidation sites excluding steroid dienone is 2. The summed E-state index contributed by atoms with van der Waals surface area (Å²) in [6.07, 6.45) is 5.43. The average Bonchev–Trinajstić information content (AvgIpc) is 2.55. The van der Waals surface area contributed by atoms with Gasteiger partial charge in [0.2, 0.25) is 0 Å². The molecule has 0 radical (unpaired) electrons. The zero-order valence-corrected chi connectivity index (χ0v) is 11.6. The minimum absolute atomic E-state index is 0.151. The highest BCUT2D eigenvalue weighted by Crippen LogP contribution is 2.36. The Morgan fingerprint density at radius 2 is 1.52 bits per heavy atom. The Hall–Kier alpha value is -2.41. The van der Waals surface area contributed by atoms with Crippen molar-refractivity contribution in [2.75, 3.05) is 0 Å². The number of halogens is 1. The van der Waals surface area contributed by atoms with Crippen LogP contribution in [0.15, 0.2) is 72.8 Å². The third kappa shape index (κ3) is 1.97. The van der Waals surface area contributed by atoms with E-state index in [0.29, 0.717) is 5.39 Å². The van der Waals surface area contributed by atoms with Crippen LogP contribution in [0.5, 0.6) is 0 Å². The first-order valence-electron chi connectivity index (χ1n) is 7.26. The summed E-state index contributed by atoms with van der Waals surface area (Å²) in [6.45, 7) is 0. The molecule has 21 heavy (non-hydrogen) atoms. The van der Waals surface area contributed by atoms with Crippen molar-refractivity contribution >= 4 is 10.8 Å². The molecule has 1 aliphatic carbocycles. The lowest BCUT2D eigenvalue weighted by molar-refractivity contribution is 0.639. The first-order valence-corrected chi connectivity index (χ1v) is 7.26. The summed E-state index contributed by atoms with van der Waals surface area (Å²) in [5.74, 6) is 0.0582. The Kier molecular flexibility index (Phi) is 2.85. The van der Waals surface area contributed by atoms with E-state index in [-0.39, 0.29) is 11.7 Å². The van der Waals surface area contributed by atoms with Gasteiger partial charge in [-0.25, -0.2) is 4.39 Å². The molecule has 0 amide bonds. The molecule has 0 fully saturated rings. The maximum absolute atomic E-state index is 14.0. The molecule has 102 valence electrons. The summed E-state index contributed by atoms with van der Waals surface area (Å²) in [7, 11) is 0. The van der Waals surface area contributed by atoms with Crippen molar-refractivity contribution in [1.29, 1.82) is 0 Å². The van der Waals surface area contributed by atoms with Crippen LogP contribution in [0.25, 0.3) is 10.8 Å². The number of hydrogen-bond donors (Lipinski definition) is 0. The SMILES string of the molecule is Fc1ccc(C2C=CCc3ccccc32)c2ccccc12. The fourth-order valence-corrected chi connectivity index (χ4v) is 3.29. The van der Waals surface area contributed by atoms with Crippen molar-refractivity contribution in [2.24, 2.45) is 0 Å². The minimum atomic E-state index is -0.151. The monoisotopic (exact) mass is 274 g/mol. The molecule has 0 spiro atoms. The number of hydrogen-bond acceptors (Lipinski definition) is 0. The van der Waals surface area contributed by atoms with Crippen LogP contribution in [0.1, 0.15) is 22.6 Å². The zero-order valence-electron chi connectivity index (χ0n) is 11.6. The van der Waals surface area contributed by atoms with Gasteiger partial charge < -0.3 is 0 Å². The first-order chi connectivity index (χ1) is 10.3. The Morgan fingerprint density at radius 3 is 2.43 bits per heavy atom. The van der Waals surface area contributed by atoms with Crippen molar-refractivity contribution in [2.45, 2.75) is 12.3 Å². The third-order valence-corrected chi connectivity index (χ3v) is 4.30. The van der Waals surface area contributed by atoms with Gasteiger partial charge in [-0.2, -0.15) is 0 Å². The topological polar surface area (TPSA) is 0 Å². The molecule has 0 saturated heterocycles. The van der Waals surface area contributed by atoms with Crippen LogP contribution in [-0.4, -0.2) is 0 Å². The molecular formula is C20H15F. The van der Waals surface area contributed by atoms with Crippen molar-refractivity contribution in [3.63, 3.8) is 0 Å². The molecule has 0 bridgehead atoms. The van der Waals surface area contributed by atoms with Gasteiger partial charge in [-0.3, -0.25) is 0 Å². The number of benzene rings is 3. The lowest BCUT2D eigenvalue weighted by Crippen LogP contribution is -2.07. The molecule has 3 aromatic carbocycles. The lowest BCUT2D eigenvalue weighted by Gasteiger charge is -2.22. The van der Waals surface area contributed by atoms with E-state index in [1.165, 1.54) is 16.7 Å². The third-order valence-electron chi connectivity index (χ3n) is 4.30. The second-order valence-electron chi connectivity index (χ2n) is 5.49. The van der Waals surface area contributed by atoms with E-state index in [0.717, 1.165) is 11.8 Å². The quantitative estimate of drug-likeness (QED) is 0.533. The van der Waals surface area contributed by atoms with E-state index in [9.17, 15) is 4.39 Å². The molecule has 0 N–H and O–H groups in total. The van der Waals surface area contributed by atoms with Crippen molar-refractivity contribution < 1.29 is 4.39 Å². The van der Waals surface area contributed by atoms with Crippen LogP contribution in [0.4, 0.5) is 4.39 Å². The second-order valence-corrected chi connectivity index (χ2v) is 5.49. The number of fused-ring (bicyclic) bond motifs is 2. The molecule has 1 heteroatoms. The van der Waals surface area contributed by atoms with E-state index < -0.39 is 0 Å². The first kappa shape index (κ1) is 12.3. The van der Waals surface area contributed by atoms with Crippen LogP contribution >= 0.6 is 0 Å². The van der Waals surface area contributed by atoms with Crippen molar-refractivity contribution in [3.8, 4) is 0 Å². The zero-order chi connectivity index (χ0) is 14.2. The highest BCUT2D eigenvalue weighted by atomic mass is 19.1. The number of rotatable bonds is 1. The summed E-state index contributed by atoms with van der Waals surface area (Å²) in [5.41, 5.74) is 3.87.